The number of methoxy groups -OCH3 is 1. The summed E-state index contributed by atoms with van der Waals surface area (Å²) in [7, 11) is 1.54. The number of carbonyl (C=O) groups excluding carboxylic acids is 2. The van der Waals surface area contributed by atoms with Gasteiger partial charge in [-0.15, -0.1) is 0 Å². The van der Waals surface area contributed by atoms with Crippen LogP contribution in [-0.2, 0) is 10.2 Å². The lowest BCUT2D eigenvalue weighted by Gasteiger charge is -2.21. The van der Waals surface area contributed by atoms with Gasteiger partial charge < -0.3 is 20.7 Å². The Kier molecular flexibility index (Phi) is 8.66. The third-order valence-corrected chi connectivity index (χ3v) is 6.91. The molecule has 3 N–H and O–H groups in total. The topological polar surface area (TPSA) is 92.3 Å². The van der Waals surface area contributed by atoms with Crippen molar-refractivity contribution in [3.63, 3.8) is 0 Å². The summed E-state index contributed by atoms with van der Waals surface area (Å²) < 4.78 is 5.44. The maximum absolute atomic E-state index is 13.4. The number of Topliss-reactive ketones (excluding diaryl/α,β-unsaturated/α-hetero) is 1. The highest BCUT2D eigenvalue weighted by atomic mass is 16.5. The van der Waals surface area contributed by atoms with Gasteiger partial charge in [0.15, 0.2) is 0 Å². The van der Waals surface area contributed by atoms with Crippen molar-refractivity contribution in [3.05, 3.63) is 84.1 Å². The van der Waals surface area contributed by atoms with Crippen molar-refractivity contribution in [3.8, 4) is 5.75 Å². The molecule has 0 saturated carbocycles. The smallest absolute Gasteiger partial charge is 0.296 e. The average Bonchev–Trinajstić information content (AvgIpc) is 2.92. The zero-order valence-electron chi connectivity index (χ0n) is 25.0. The van der Waals surface area contributed by atoms with Crippen molar-refractivity contribution in [1.29, 1.82) is 0 Å². The minimum atomic E-state index is -0.722. The number of pyridine rings is 1. The Morgan fingerprint density at radius 2 is 1.59 bits per heavy atom. The molecule has 4 rings (SSSR count). The number of nitrogens with one attached hydrogen (secondary N) is 3. The summed E-state index contributed by atoms with van der Waals surface area (Å²) in [6, 6.07) is 20.6. The van der Waals surface area contributed by atoms with E-state index in [4.69, 9.17) is 4.74 Å². The molecule has 0 saturated heterocycles. The first kappa shape index (κ1) is 29.6. The Morgan fingerprint density at radius 1 is 0.854 bits per heavy atom. The van der Waals surface area contributed by atoms with E-state index in [2.05, 4.69) is 62.5 Å². The van der Waals surface area contributed by atoms with Crippen molar-refractivity contribution in [2.45, 2.75) is 53.4 Å². The van der Waals surface area contributed by atoms with Gasteiger partial charge >= 0.3 is 0 Å². The van der Waals surface area contributed by atoms with Crippen molar-refractivity contribution in [2.24, 2.45) is 5.41 Å². The van der Waals surface area contributed by atoms with Crippen molar-refractivity contribution in [1.82, 2.24) is 4.98 Å². The molecule has 7 heteroatoms. The van der Waals surface area contributed by atoms with E-state index in [1.807, 2.05) is 54.6 Å². The number of carbonyl (C=O) groups is 2. The molecule has 0 bridgehead atoms. The Bertz CT molecular complexity index is 1560. The third kappa shape index (κ3) is 7.42. The van der Waals surface area contributed by atoms with Crippen LogP contribution in [0.3, 0.4) is 0 Å². The highest BCUT2D eigenvalue weighted by molar-refractivity contribution is 6.48. The monoisotopic (exact) mass is 552 g/mol. The van der Waals surface area contributed by atoms with Crippen LogP contribution in [0.1, 0.15) is 63.9 Å². The molecule has 1 heterocycles. The molecule has 0 atom stereocenters. The maximum Gasteiger partial charge on any atom is 0.296 e. The minimum absolute atomic E-state index is 0.132. The molecule has 41 heavy (non-hydrogen) atoms. The molecular weight excluding hydrogens is 512 g/mol. The normalized spacial score (nSPS) is 11.7. The largest absolute Gasteiger partial charge is 0.495 e. The average molecular weight is 553 g/mol. The Labute approximate surface area is 242 Å². The van der Waals surface area contributed by atoms with Gasteiger partial charge in [-0.3, -0.25) is 9.59 Å². The van der Waals surface area contributed by atoms with Gasteiger partial charge in [0.05, 0.1) is 12.8 Å². The standard InChI is InChI=1S/C34H40N4O3/c1-33(2,3)17-19-36-30-21-23(16-18-35-30)37-27-14-13-26(24-10-8-9-11-25(24)27)31(39)32(40)38-28-20-22(34(4,5)6)12-15-29(28)41-7/h8-16,18,20-21H,17,19H2,1-7H3,(H,38,40)(H2,35,36,37). The second-order valence-corrected chi connectivity index (χ2v) is 12.4. The highest BCUT2D eigenvalue weighted by Gasteiger charge is 2.23. The first-order valence-corrected chi connectivity index (χ1v) is 13.9. The van der Waals surface area contributed by atoms with Gasteiger partial charge in [0.1, 0.15) is 11.6 Å². The second kappa shape index (κ2) is 12.0. The summed E-state index contributed by atoms with van der Waals surface area (Å²) in [6.45, 7) is 13.7. The number of hydrogen-bond acceptors (Lipinski definition) is 6. The van der Waals surface area contributed by atoms with Gasteiger partial charge in [-0.2, -0.15) is 0 Å². The van der Waals surface area contributed by atoms with Gasteiger partial charge in [0.25, 0.3) is 11.7 Å². The number of amides is 1. The molecule has 0 radical (unpaired) electrons. The molecule has 0 aliphatic carbocycles. The van der Waals surface area contributed by atoms with E-state index in [1.165, 1.54) is 7.11 Å². The summed E-state index contributed by atoms with van der Waals surface area (Å²) in [4.78, 5) is 31.1. The second-order valence-electron chi connectivity index (χ2n) is 12.4. The van der Waals surface area contributed by atoms with Crippen LogP contribution in [0.5, 0.6) is 5.75 Å². The van der Waals surface area contributed by atoms with E-state index in [-0.39, 0.29) is 10.8 Å². The Balaban J connectivity index is 1.57. The van der Waals surface area contributed by atoms with Gasteiger partial charge in [-0.25, -0.2) is 4.98 Å². The van der Waals surface area contributed by atoms with Crippen molar-refractivity contribution < 1.29 is 14.3 Å². The van der Waals surface area contributed by atoms with E-state index >= 15 is 0 Å². The lowest BCUT2D eigenvalue weighted by Crippen LogP contribution is -2.24. The fraction of sp³-hybridized carbons (Fsp3) is 0.324. The van der Waals surface area contributed by atoms with Crippen molar-refractivity contribution in [2.75, 3.05) is 29.6 Å². The zero-order valence-corrected chi connectivity index (χ0v) is 25.0. The Hall–Kier alpha value is -4.39. The summed E-state index contributed by atoms with van der Waals surface area (Å²) in [5.74, 6) is -0.0586. The number of anilines is 4. The first-order chi connectivity index (χ1) is 19.4. The number of rotatable bonds is 9. The molecule has 0 spiro atoms. The third-order valence-electron chi connectivity index (χ3n) is 6.91. The SMILES string of the molecule is COc1ccc(C(C)(C)C)cc1NC(=O)C(=O)c1ccc(Nc2ccnc(NCCC(C)(C)C)c2)c2ccccc12. The molecule has 1 amide bonds. The molecule has 0 aliphatic rings. The van der Waals surface area contributed by atoms with Crippen LogP contribution in [0, 0.1) is 5.41 Å². The van der Waals surface area contributed by atoms with Gasteiger partial charge in [0, 0.05) is 41.1 Å². The van der Waals surface area contributed by atoms with Crippen LogP contribution < -0.4 is 20.7 Å². The molecule has 7 nitrogen and oxygen atoms in total. The van der Waals surface area contributed by atoms with E-state index in [9.17, 15) is 9.59 Å². The van der Waals surface area contributed by atoms with Gasteiger partial charge in [0.2, 0.25) is 0 Å². The van der Waals surface area contributed by atoms with Crippen LogP contribution in [0.4, 0.5) is 22.9 Å². The molecule has 4 aromatic rings. The molecule has 0 aliphatic heterocycles. The van der Waals surface area contributed by atoms with E-state index in [1.54, 1.807) is 18.3 Å². The number of fused-ring (bicyclic) bond motifs is 1. The molecule has 1 aromatic heterocycles. The zero-order chi connectivity index (χ0) is 29.8. The first-order valence-electron chi connectivity index (χ1n) is 13.9. The van der Waals surface area contributed by atoms with E-state index < -0.39 is 11.7 Å². The fourth-order valence-electron chi connectivity index (χ4n) is 4.51. The van der Waals surface area contributed by atoms with Crippen LogP contribution in [0.15, 0.2) is 72.9 Å². The molecule has 0 fully saturated rings. The summed E-state index contributed by atoms with van der Waals surface area (Å²) in [5, 5.41) is 11.1. The molecule has 3 aromatic carbocycles. The molecule has 214 valence electrons. The Morgan fingerprint density at radius 3 is 2.27 bits per heavy atom. The van der Waals surface area contributed by atoms with Crippen LogP contribution in [0.25, 0.3) is 10.8 Å². The highest BCUT2D eigenvalue weighted by Crippen LogP contribution is 2.33. The number of aromatic nitrogens is 1. The number of ketones is 1. The lowest BCUT2D eigenvalue weighted by molar-refractivity contribution is -0.112. The van der Waals surface area contributed by atoms with E-state index in [0.29, 0.717) is 22.4 Å². The van der Waals surface area contributed by atoms with Gasteiger partial charge in [-0.1, -0.05) is 71.9 Å². The number of nitrogens with zero attached hydrogens (tertiary/aromatic N) is 1. The minimum Gasteiger partial charge on any atom is -0.495 e. The molecular formula is C34H40N4O3. The summed E-state index contributed by atoms with van der Waals surface area (Å²) in [5.41, 5.74) is 3.60. The number of benzene rings is 3. The van der Waals surface area contributed by atoms with Crippen LogP contribution >= 0.6 is 0 Å². The van der Waals surface area contributed by atoms with Gasteiger partial charge in [-0.05, 0) is 58.5 Å². The fourth-order valence-corrected chi connectivity index (χ4v) is 4.51. The predicted octanol–water partition coefficient (Wildman–Crippen LogP) is 7.95. The lowest BCUT2D eigenvalue weighted by atomic mass is 9.87. The van der Waals surface area contributed by atoms with Crippen LogP contribution in [0.2, 0.25) is 0 Å². The maximum atomic E-state index is 13.4. The van der Waals surface area contributed by atoms with Crippen LogP contribution in [-0.4, -0.2) is 30.3 Å². The number of hydrogen-bond donors (Lipinski definition) is 3. The van der Waals surface area contributed by atoms with Crippen molar-refractivity contribution >= 4 is 45.3 Å². The van der Waals surface area contributed by atoms with E-state index in [0.717, 1.165) is 41.1 Å². The quantitative estimate of drug-likeness (QED) is 0.144. The number of ether oxygens (including phenoxy) is 1. The summed E-state index contributed by atoms with van der Waals surface area (Å²) in [6.07, 6.45) is 2.78. The summed E-state index contributed by atoms with van der Waals surface area (Å²) >= 11 is 0. The molecule has 0 unspecified atom stereocenters. The predicted molar refractivity (Wildman–Crippen MR) is 169 cm³/mol.